The lowest BCUT2D eigenvalue weighted by atomic mass is 10.0. The molecule has 1 atom stereocenters. The molecule has 0 spiro atoms. The summed E-state index contributed by atoms with van der Waals surface area (Å²) in [6, 6.07) is 12.8. The molecule has 2 aromatic carbocycles. The summed E-state index contributed by atoms with van der Waals surface area (Å²) in [5, 5.41) is 8.75. The molecule has 10 nitrogen and oxygen atoms in total. The van der Waals surface area contributed by atoms with Crippen molar-refractivity contribution in [2.45, 2.75) is 57.8 Å². The van der Waals surface area contributed by atoms with E-state index in [0.717, 1.165) is 36.8 Å². The number of methoxy groups -OCH3 is 1. The lowest BCUT2D eigenvalue weighted by Crippen LogP contribution is -2.41. The maximum atomic E-state index is 12.8. The Morgan fingerprint density at radius 3 is 2.61 bits per heavy atom. The van der Waals surface area contributed by atoms with Crippen LogP contribution >= 0.6 is 0 Å². The Hall–Kier alpha value is -4.34. The molecule has 0 radical (unpaired) electrons. The third-order valence-electron chi connectivity index (χ3n) is 6.61. The van der Waals surface area contributed by atoms with Gasteiger partial charge in [0.15, 0.2) is 17.9 Å². The fourth-order valence-electron chi connectivity index (χ4n) is 4.59. The second-order valence-electron chi connectivity index (χ2n) is 9.23. The van der Waals surface area contributed by atoms with Crippen molar-refractivity contribution in [2.24, 2.45) is 5.10 Å². The molecule has 1 aliphatic carbocycles. The predicted molar refractivity (Wildman–Crippen MR) is 139 cm³/mol. The van der Waals surface area contributed by atoms with Crippen molar-refractivity contribution in [3.05, 3.63) is 71.9 Å². The van der Waals surface area contributed by atoms with Crippen molar-refractivity contribution < 1.29 is 28.2 Å². The van der Waals surface area contributed by atoms with Gasteiger partial charge in [0.05, 0.1) is 26.0 Å². The van der Waals surface area contributed by atoms with Gasteiger partial charge in [-0.3, -0.25) is 4.79 Å². The van der Waals surface area contributed by atoms with Crippen molar-refractivity contribution in [1.29, 1.82) is 0 Å². The highest BCUT2D eigenvalue weighted by molar-refractivity contribution is 6.06. The number of hydrogen-bond donors (Lipinski definition) is 1. The number of anilines is 1. The van der Waals surface area contributed by atoms with E-state index in [1.807, 2.05) is 37.3 Å². The van der Waals surface area contributed by atoms with Crippen LogP contribution in [0.25, 0.3) is 0 Å². The molecule has 10 heteroatoms. The van der Waals surface area contributed by atoms with Crippen molar-refractivity contribution in [1.82, 2.24) is 9.99 Å². The van der Waals surface area contributed by atoms with Gasteiger partial charge in [0.2, 0.25) is 5.76 Å². The molecule has 1 aromatic heterocycles. The maximum Gasteiger partial charge on any atom is 0.431 e. The molecule has 0 bridgehead atoms. The van der Waals surface area contributed by atoms with Crippen LogP contribution in [0, 0.1) is 0 Å². The summed E-state index contributed by atoms with van der Waals surface area (Å²) in [7, 11) is 1.62. The van der Waals surface area contributed by atoms with E-state index in [0.29, 0.717) is 29.3 Å². The molecule has 1 N–H and O–H groups in total. The van der Waals surface area contributed by atoms with Gasteiger partial charge in [0.25, 0.3) is 5.91 Å². The van der Waals surface area contributed by atoms with Crippen LogP contribution in [-0.2, 0) is 11.3 Å². The van der Waals surface area contributed by atoms with Gasteiger partial charge < -0.3 is 23.9 Å². The number of aromatic nitrogens is 1. The van der Waals surface area contributed by atoms with Gasteiger partial charge in [-0.05, 0) is 68.0 Å². The molecule has 1 unspecified atom stereocenters. The minimum absolute atomic E-state index is 0.118. The highest BCUT2D eigenvalue weighted by Gasteiger charge is 2.31. The zero-order valence-corrected chi connectivity index (χ0v) is 21.4. The van der Waals surface area contributed by atoms with E-state index < -0.39 is 18.1 Å². The lowest BCUT2D eigenvalue weighted by Gasteiger charge is -2.29. The van der Waals surface area contributed by atoms with Crippen LogP contribution in [0.2, 0.25) is 0 Å². The molecular formula is C28H30N4O6. The summed E-state index contributed by atoms with van der Waals surface area (Å²) >= 11 is 0. The van der Waals surface area contributed by atoms with Crippen LogP contribution in [0.1, 0.15) is 60.7 Å². The number of nitrogens with zero attached hydrogens (tertiary/aromatic N) is 3. The van der Waals surface area contributed by atoms with Gasteiger partial charge in [-0.1, -0.05) is 19.1 Å². The van der Waals surface area contributed by atoms with E-state index in [1.54, 1.807) is 19.2 Å². The monoisotopic (exact) mass is 518 g/mol. The van der Waals surface area contributed by atoms with Gasteiger partial charge in [-0.15, -0.1) is 0 Å². The van der Waals surface area contributed by atoms with E-state index in [-0.39, 0.29) is 18.4 Å². The molecule has 1 aliphatic heterocycles. The van der Waals surface area contributed by atoms with Crippen molar-refractivity contribution in [3.8, 4) is 11.5 Å². The van der Waals surface area contributed by atoms with Gasteiger partial charge in [-0.25, -0.2) is 9.78 Å². The second kappa shape index (κ2) is 11.4. The molecule has 2 heterocycles. The Bertz CT molecular complexity index is 1300. The largest absolute Gasteiger partial charge is 0.493 e. The molecule has 3 aromatic rings. The topological polar surface area (TPSA) is 115 Å². The van der Waals surface area contributed by atoms with Gasteiger partial charge >= 0.3 is 6.09 Å². The Morgan fingerprint density at radius 2 is 1.92 bits per heavy atom. The third-order valence-corrected chi connectivity index (χ3v) is 6.61. The highest BCUT2D eigenvalue weighted by Crippen LogP contribution is 2.34. The zero-order chi connectivity index (χ0) is 26.5. The van der Waals surface area contributed by atoms with E-state index in [4.69, 9.17) is 23.7 Å². The molecule has 2 aliphatic rings. The summed E-state index contributed by atoms with van der Waals surface area (Å²) in [6.07, 6.45) is 6.70. The number of amides is 2. The van der Waals surface area contributed by atoms with E-state index in [9.17, 15) is 9.59 Å². The molecule has 5 rings (SSSR count). The standard InChI is InChI=1S/C28H30N4O6/c1-3-22-26(19-10-13-23(35-2)24(14-19)37-21-6-4-5-7-21)31-32(28(34)38-22)16-18-8-11-20(12-9-18)30-27(33)25-15-29-17-36-25/h8-15,17,21-22H,3-7,16H2,1-2H3,(H,30,33). The van der Waals surface area contributed by atoms with Crippen LogP contribution in [-0.4, -0.2) is 47.0 Å². The van der Waals surface area contributed by atoms with Crippen LogP contribution in [0.15, 0.2) is 64.6 Å². The van der Waals surface area contributed by atoms with Crippen LogP contribution in [0.4, 0.5) is 10.5 Å². The number of cyclic esters (lactones) is 1. The number of ether oxygens (including phenoxy) is 3. The number of hydrazone groups is 1. The third kappa shape index (κ3) is 5.64. The Labute approximate surface area is 220 Å². The summed E-state index contributed by atoms with van der Waals surface area (Å²) in [6.45, 7) is 2.16. The summed E-state index contributed by atoms with van der Waals surface area (Å²) in [5.41, 5.74) is 2.87. The quantitative estimate of drug-likeness (QED) is 0.404. The van der Waals surface area contributed by atoms with E-state index in [2.05, 4.69) is 10.3 Å². The molecule has 2 amide bonds. The van der Waals surface area contributed by atoms with Gasteiger partial charge in [0.1, 0.15) is 11.8 Å². The normalized spacial score (nSPS) is 17.6. The smallest absolute Gasteiger partial charge is 0.431 e. The fraction of sp³-hybridized carbons (Fsp3) is 0.357. The highest BCUT2D eigenvalue weighted by atomic mass is 16.6. The molecule has 198 valence electrons. The minimum atomic E-state index is -0.515. The first-order chi connectivity index (χ1) is 18.5. The summed E-state index contributed by atoms with van der Waals surface area (Å²) < 4.78 is 22.5. The van der Waals surface area contributed by atoms with Gasteiger partial charge in [0, 0.05) is 11.3 Å². The fourth-order valence-corrected chi connectivity index (χ4v) is 4.59. The van der Waals surface area contributed by atoms with Gasteiger partial charge in [-0.2, -0.15) is 10.1 Å². The Kier molecular flexibility index (Phi) is 7.57. The van der Waals surface area contributed by atoms with E-state index in [1.165, 1.54) is 17.6 Å². The Morgan fingerprint density at radius 1 is 1.13 bits per heavy atom. The van der Waals surface area contributed by atoms with Crippen molar-refractivity contribution >= 4 is 23.4 Å². The van der Waals surface area contributed by atoms with Crippen LogP contribution in [0.3, 0.4) is 0 Å². The summed E-state index contributed by atoms with van der Waals surface area (Å²) in [4.78, 5) is 28.7. The first-order valence-corrected chi connectivity index (χ1v) is 12.7. The molecular weight excluding hydrogens is 488 g/mol. The molecule has 38 heavy (non-hydrogen) atoms. The lowest BCUT2D eigenvalue weighted by molar-refractivity contribution is 0.0712. The first-order valence-electron chi connectivity index (χ1n) is 12.7. The molecule has 1 fully saturated rings. The molecule has 1 saturated carbocycles. The number of carbonyl (C=O) groups excluding carboxylic acids is 2. The predicted octanol–water partition coefficient (Wildman–Crippen LogP) is 5.39. The average molecular weight is 519 g/mol. The zero-order valence-electron chi connectivity index (χ0n) is 21.4. The Balaban J connectivity index is 1.34. The van der Waals surface area contributed by atoms with Crippen LogP contribution in [0.5, 0.6) is 11.5 Å². The van der Waals surface area contributed by atoms with Crippen molar-refractivity contribution in [3.63, 3.8) is 0 Å². The number of hydrogen-bond acceptors (Lipinski definition) is 8. The van der Waals surface area contributed by atoms with E-state index >= 15 is 0 Å². The average Bonchev–Trinajstić information content (AvgIpc) is 3.66. The second-order valence-corrected chi connectivity index (χ2v) is 9.23. The maximum absolute atomic E-state index is 12.8. The number of nitrogens with one attached hydrogen (secondary N) is 1. The minimum Gasteiger partial charge on any atom is -0.493 e. The van der Waals surface area contributed by atoms with Crippen molar-refractivity contribution in [2.75, 3.05) is 12.4 Å². The summed E-state index contributed by atoms with van der Waals surface area (Å²) in [5.74, 6) is 1.05. The first kappa shape index (κ1) is 25.3. The SMILES string of the molecule is CCC1OC(=O)N(Cc2ccc(NC(=O)c3cnco3)cc2)N=C1c1ccc(OC)c(OC2CCCC2)c1. The van der Waals surface area contributed by atoms with Crippen LogP contribution < -0.4 is 14.8 Å². The molecule has 0 saturated heterocycles. The number of benzene rings is 2. The number of carbonyl (C=O) groups is 2. The number of oxazole rings is 1. The number of rotatable bonds is 9.